The highest BCUT2D eigenvalue weighted by Crippen LogP contribution is 2.64. The highest BCUT2D eigenvalue weighted by atomic mass is 35.5. The number of aromatic hydroxyl groups is 2. The Labute approximate surface area is 275 Å². The molecule has 2 aliphatic heterocycles. The number of benzene rings is 3. The first-order chi connectivity index (χ1) is 22.4. The van der Waals surface area contributed by atoms with Gasteiger partial charge in [-0.05, 0) is 86.2 Å². The molecule has 3 fully saturated rings. The lowest BCUT2D eigenvalue weighted by molar-refractivity contribution is -0.140. The number of carbonyl (C=O) groups excluding carboxylic acids is 4. The number of allylic oxidation sites excluding steroid dienone is 2. The summed E-state index contributed by atoms with van der Waals surface area (Å²) >= 11 is 6.06. The van der Waals surface area contributed by atoms with Crippen molar-refractivity contribution in [2.45, 2.75) is 32.1 Å². The number of halogens is 2. The Bertz CT molecular complexity index is 1880. The minimum atomic E-state index is -1.40. The van der Waals surface area contributed by atoms with Gasteiger partial charge in [0, 0.05) is 18.0 Å². The third-order valence-corrected chi connectivity index (χ3v) is 10.9. The molecule has 6 atom stereocenters. The number of anilines is 1. The number of fused-ring (bicyclic) bond motifs is 4. The van der Waals surface area contributed by atoms with Crippen LogP contribution in [0.4, 0.5) is 10.1 Å². The number of imide groups is 2. The second kappa shape index (κ2) is 11.2. The molecule has 3 aromatic carbocycles. The lowest BCUT2D eigenvalue weighted by atomic mass is 9.51. The van der Waals surface area contributed by atoms with E-state index in [9.17, 15) is 33.8 Å². The molecule has 0 bridgehead atoms. The van der Waals surface area contributed by atoms with Crippen molar-refractivity contribution in [1.82, 2.24) is 4.90 Å². The molecular weight excluding hydrogens is 627 g/mol. The maximum Gasteiger partial charge on any atom is 0.241 e. The number of hydrogen-bond donors (Lipinski definition) is 2. The average molecular weight is 659 g/mol. The fourth-order valence-electron chi connectivity index (χ4n) is 8.31. The van der Waals surface area contributed by atoms with E-state index in [0.717, 1.165) is 22.1 Å². The van der Waals surface area contributed by atoms with Crippen LogP contribution in [0.1, 0.15) is 36.8 Å². The molecule has 242 valence electrons. The molecule has 4 amide bonds. The summed E-state index contributed by atoms with van der Waals surface area (Å²) in [6.45, 7) is 1.86. The minimum Gasteiger partial charge on any atom is -0.508 e. The zero-order valence-electron chi connectivity index (χ0n) is 25.7. The normalized spacial score (nSPS) is 28.3. The number of phenolic OH excluding ortho intramolecular Hbond substituents is 2. The van der Waals surface area contributed by atoms with Crippen LogP contribution < -0.4 is 9.64 Å². The summed E-state index contributed by atoms with van der Waals surface area (Å²) in [6, 6.07) is 14.9. The monoisotopic (exact) mass is 658 g/mol. The van der Waals surface area contributed by atoms with Crippen LogP contribution in [0, 0.1) is 34.9 Å². The lowest BCUT2D eigenvalue weighted by Crippen LogP contribution is -2.49. The number of rotatable bonds is 6. The Morgan fingerprint density at radius 3 is 2.40 bits per heavy atom. The number of hydrogen-bond acceptors (Lipinski definition) is 7. The molecule has 2 N–H and O–H groups in total. The summed E-state index contributed by atoms with van der Waals surface area (Å²) in [7, 11) is 1.48. The maximum absolute atomic E-state index is 14.5. The summed E-state index contributed by atoms with van der Waals surface area (Å²) < 4.78 is 19.6. The summed E-state index contributed by atoms with van der Waals surface area (Å²) in [5.41, 5.74) is 0.664. The van der Waals surface area contributed by atoms with E-state index in [-0.39, 0.29) is 53.4 Å². The van der Waals surface area contributed by atoms with Crippen LogP contribution in [0.2, 0.25) is 5.02 Å². The molecule has 47 heavy (non-hydrogen) atoms. The summed E-state index contributed by atoms with van der Waals surface area (Å²) in [5.74, 6) is -5.61. The zero-order chi connectivity index (χ0) is 33.4. The molecule has 0 spiro atoms. The van der Waals surface area contributed by atoms with Crippen molar-refractivity contribution in [1.29, 1.82) is 0 Å². The number of phenols is 2. The molecule has 9 nitrogen and oxygen atoms in total. The van der Waals surface area contributed by atoms with E-state index in [4.69, 9.17) is 16.3 Å². The summed E-state index contributed by atoms with van der Waals surface area (Å²) in [4.78, 5) is 58.9. The number of nitrogens with zero attached hydrogens (tertiary/aromatic N) is 2. The minimum absolute atomic E-state index is 0.104. The molecule has 2 heterocycles. The van der Waals surface area contributed by atoms with E-state index in [2.05, 4.69) is 0 Å². The molecule has 0 radical (unpaired) electrons. The van der Waals surface area contributed by atoms with E-state index in [1.54, 1.807) is 43.3 Å². The Morgan fingerprint density at radius 2 is 1.70 bits per heavy atom. The van der Waals surface area contributed by atoms with Crippen molar-refractivity contribution in [2.75, 3.05) is 18.6 Å². The van der Waals surface area contributed by atoms with Gasteiger partial charge in [0.15, 0.2) is 0 Å². The Balaban J connectivity index is 1.31. The first kappa shape index (κ1) is 30.9. The van der Waals surface area contributed by atoms with E-state index in [0.29, 0.717) is 17.7 Å². The van der Waals surface area contributed by atoms with Gasteiger partial charge >= 0.3 is 0 Å². The molecule has 4 aliphatic rings. The smallest absolute Gasteiger partial charge is 0.241 e. The maximum atomic E-state index is 14.5. The molecule has 2 saturated heterocycles. The molecule has 1 saturated carbocycles. The third kappa shape index (κ3) is 4.64. The quantitative estimate of drug-likeness (QED) is 0.270. The summed E-state index contributed by atoms with van der Waals surface area (Å²) in [6.07, 6.45) is 2.70. The Kier molecular flexibility index (Phi) is 7.39. The van der Waals surface area contributed by atoms with Crippen molar-refractivity contribution in [2.24, 2.45) is 29.1 Å². The molecular formula is C36H32ClFN2O7. The second-order valence-corrected chi connectivity index (χ2v) is 13.3. The van der Waals surface area contributed by atoms with Crippen molar-refractivity contribution in [3.05, 3.63) is 94.3 Å². The zero-order valence-corrected chi connectivity index (χ0v) is 26.4. The van der Waals surface area contributed by atoms with E-state index in [1.807, 2.05) is 6.08 Å². The van der Waals surface area contributed by atoms with Gasteiger partial charge in [0.2, 0.25) is 23.6 Å². The van der Waals surface area contributed by atoms with Gasteiger partial charge in [-0.1, -0.05) is 35.4 Å². The first-order valence-electron chi connectivity index (χ1n) is 15.5. The van der Waals surface area contributed by atoms with Gasteiger partial charge in [0.1, 0.15) is 23.1 Å². The van der Waals surface area contributed by atoms with Gasteiger partial charge in [0.05, 0.1) is 41.0 Å². The predicted molar refractivity (Wildman–Crippen MR) is 169 cm³/mol. The number of amides is 4. The van der Waals surface area contributed by atoms with Gasteiger partial charge in [-0.2, -0.15) is 0 Å². The fraction of sp³-hybridized carbons (Fsp3) is 0.333. The second-order valence-electron chi connectivity index (χ2n) is 12.9. The molecule has 3 aromatic rings. The van der Waals surface area contributed by atoms with Crippen LogP contribution in [0.5, 0.6) is 17.2 Å². The van der Waals surface area contributed by atoms with Crippen molar-refractivity contribution in [3.8, 4) is 17.2 Å². The number of methoxy groups -OCH3 is 1. The van der Waals surface area contributed by atoms with Crippen LogP contribution in [0.15, 0.2) is 72.3 Å². The van der Waals surface area contributed by atoms with Crippen LogP contribution in [-0.4, -0.2) is 52.4 Å². The van der Waals surface area contributed by atoms with Gasteiger partial charge in [-0.15, -0.1) is 0 Å². The average Bonchev–Trinajstić information content (AvgIpc) is 3.41. The molecule has 0 aromatic heterocycles. The highest BCUT2D eigenvalue weighted by molar-refractivity contribution is 6.31. The van der Waals surface area contributed by atoms with Crippen LogP contribution in [0.25, 0.3) is 0 Å². The number of likely N-dealkylation sites (tertiary alicyclic amines) is 1. The molecule has 7 rings (SSSR count). The van der Waals surface area contributed by atoms with E-state index >= 15 is 0 Å². The van der Waals surface area contributed by atoms with Crippen molar-refractivity contribution >= 4 is 40.9 Å². The number of ether oxygens (including phenoxy) is 1. The van der Waals surface area contributed by atoms with Crippen LogP contribution in [0.3, 0.4) is 0 Å². The summed E-state index contributed by atoms with van der Waals surface area (Å²) in [5, 5.41) is 20.6. The Hall–Kier alpha value is -4.70. The molecule has 0 unspecified atom stereocenters. The van der Waals surface area contributed by atoms with Crippen molar-refractivity contribution in [3.63, 3.8) is 0 Å². The lowest BCUT2D eigenvalue weighted by Gasteiger charge is -2.49. The molecule has 2 aliphatic carbocycles. The van der Waals surface area contributed by atoms with E-state index < -0.39 is 52.6 Å². The highest BCUT2D eigenvalue weighted by Gasteiger charge is 2.68. The largest absolute Gasteiger partial charge is 0.508 e. The van der Waals surface area contributed by atoms with Crippen molar-refractivity contribution < 1.29 is 38.5 Å². The SMILES string of the molecule is COc1ccc(O)c([C@H]2C3=CC[C@@H]4C(=O)N(CCc5ccc(O)cc5)C(=O)[C@@H]4[C@@H]3C[C@H]3C(=O)N(c4ccc(F)c(Cl)c4)C(=O)[C@@]23C)c1. The predicted octanol–water partition coefficient (Wildman–Crippen LogP) is 5.37. The topological polar surface area (TPSA) is 124 Å². The Morgan fingerprint density at radius 1 is 0.957 bits per heavy atom. The van der Waals surface area contributed by atoms with Gasteiger partial charge < -0.3 is 14.9 Å². The fourth-order valence-corrected chi connectivity index (χ4v) is 8.48. The first-order valence-corrected chi connectivity index (χ1v) is 15.9. The van der Waals surface area contributed by atoms with Gasteiger partial charge in [-0.3, -0.25) is 24.1 Å². The van der Waals surface area contributed by atoms with Crippen LogP contribution >= 0.6 is 11.6 Å². The van der Waals surface area contributed by atoms with E-state index in [1.165, 1.54) is 30.2 Å². The van der Waals surface area contributed by atoms with Gasteiger partial charge in [-0.25, -0.2) is 9.29 Å². The third-order valence-electron chi connectivity index (χ3n) is 10.6. The number of carbonyl (C=O) groups is 4. The standard InChI is InChI=1S/C36H32ClFN2O7/c1-36-26(33(44)40(35(36)46)19-5-11-28(38)27(37)15-19)17-24-22(31(36)25-16-21(47-2)8-12-29(25)42)9-10-23-30(24)34(45)39(32(23)43)14-13-18-3-6-20(41)7-4-18/h3-9,11-12,15-16,23-24,26,30-31,41-42H,10,13-14,17H2,1-2H3/t23-,24+,26-,30-,31+,36+/m0/s1. The van der Waals surface area contributed by atoms with Gasteiger partial charge in [0.25, 0.3) is 0 Å². The van der Waals surface area contributed by atoms with Crippen LogP contribution in [-0.2, 0) is 25.6 Å². The molecule has 11 heteroatoms.